The van der Waals surface area contributed by atoms with Gasteiger partial charge >= 0.3 is 0 Å². The van der Waals surface area contributed by atoms with Gasteiger partial charge in [0.1, 0.15) is 12.1 Å². The average molecular weight is 308 g/mol. The summed E-state index contributed by atoms with van der Waals surface area (Å²) in [6.07, 6.45) is 3.42. The summed E-state index contributed by atoms with van der Waals surface area (Å²) < 4.78 is 0. The van der Waals surface area contributed by atoms with E-state index in [-0.39, 0.29) is 0 Å². The molecule has 0 bridgehead atoms. The molecule has 1 N–H and O–H groups in total. The molecule has 0 radical (unpaired) electrons. The van der Waals surface area contributed by atoms with E-state index in [1.165, 1.54) is 11.1 Å². The number of piperazine rings is 1. The fourth-order valence-electron chi connectivity index (χ4n) is 3.19. The molecule has 1 aliphatic rings. The van der Waals surface area contributed by atoms with Gasteiger partial charge in [-0.2, -0.15) is 5.10 Å². The number of anilines is 1. The van der Waals surface area contributed by atoms with Gasteiger partial charge in [0.05, 0.1) is 11.6 Å². The first kappa shape index (κ1) is 14.1. The zero-order valence-corrected chi connectivity index (χ0v) is 13.2. The summed E-state index contributed by atoms with van der Waals surface area (Å²) in [4.78, 5) is 13.5. The van der Waals surface area contributed by atoms with Gasteiger partial charge in [0.15, 0.2) is 5.65 Å². The van der Waals surface area contributed by atoms with E-state index in [1.54, 1.807) is 6.33 Å². The summed E-state index contributed by atoms with van der Waals surface area (Å²) >= 11 is 0. The van der Waals surface area contributed by atoms with Gasteiger partial charge in [0, 0.05) is 32.7 Å². The quantitative estimate of drug-likeness (QED) is 0.802. The van der Waals surface area contributed by atoms with Crippen LogP contribution in [0.25, 0.3) is 11.0 Å². The molecule has 118 valence electrons. The zero-order chi connectivity index (χ0) is 15.6. The average Bonchev–Trinajstić information content (AvgIpc) is 3.04. The van der Waals surface area contributed by atoms with Crippen LogP contribution in [0.3, 0.4) is 0 Å². The van der Waals surface area contributed by atoms with Gasteiger partial charge in [-0.3, -0.25) is 10.00 Å². The van der Waals surface area contributed by atoms with Crippen LogP contribution in [-0.2, 0) is 6.54 Å². The van der Waals surface area contributed by atoms with Gasteiger partial charge in [-0.25, -0.2) is 9.97 Å². The summed E-state index contributed by atoms with van der Waals surface area (Å²) in [6.45, 7) is 7.19. The van der Waals surface area contributed by atoms with Gasteiger partial charge < -0.3 is 4.90 Å². The number of aromatic nitrogens is 4. The Bertz CT molecular complexity index is 803. The van der Waals surface area contributed by atoms with Crippen molar-refractivity contribution in [1.82, 2.24) is 25.1 Å². The molecule has 1 aliphatic heterocycles. The maximum absolute atomic E-state index is 4.46. The lowest BCUT2D eigenvalue weighted by Gasteiger charge is -2.35. The molecule has 6 nitrogen and oxygen atoms in total. The van der Waals surface area contributed by atoms with Crippen molar-refractivity contribution in [3.8, 4) is 0 Å². The number of fused-ring (bicyclic) bond motifs is 1. The van der Waals surface area contributed by atoms with Crippen LogP contribution in [-0.4, -0.2) is 51.2 Å². The lowest BCUT2D eigenvalue weighted by atomic mass is 10.1. The Morgan fingerprint density at radius 1 is 1.13 bits per heavy atom. The lowest BCUT2D eigenvalue weighted by Crippen LogP contribution is -2.46. The molecule has 0 spiro atoms. The molecule has 3 heterocycles. The third kappa shape index (κ3) is 2.90. The monoisotopic (exact) mass is 308 g/mol. The predicted molar refractivity (Wildman–Crippen MR) is 90.4 cm³/mol. The second-order valence-corrected chi connectivity index (χ2v) is 6.08. The van der Waals surface area contributed by atoms with E-state index >= 15 is 0 Å². The highest BCUT2D eigenvalue weighted by molar-refractivity contribution is 5.86. The molecule has 0 aliphatic carbocycles. The van der Waals surface area contributed by atoms with Crippen molar-refractivity contribution in [2.24, 2.45) is 0 Å². The fraction of sp³-hybridized carbons (Fsp3) is 0.353. The third-order valence-electron chi connectivity index (χ3n) is 4.39. The van der Waals surface area contributed by atoms with Crippen molar-refractivity contribution >= 4 is 16.9 Å². The van der Waals surface area contributed by atoms with Crippen LogP contribution >= 0.6 is 0 Å². The highest BCUT2D eigenvalue weighted by Gasteiger charge is 2.20. The number of benzene rings is 1. The summed E-state index contributed by atoms with van der Waals surface area (Å²) in [5.41, 5.74) is 3.51. The maximum Gasteiger partial charge on any atom is 0.160 e. The van der Waals surface area contributed by atoms with E-state index in [4.69, 9.17) is 0 Å². The summed E-state index contributed by atoms with van der Waals surface area (Å²) in [7, 11) is 0. The Kier molecular flexibility index (Phi) is 3.67. The number of hydrogen-bond donors (Lipinski definition) is 1. The van der Waals surface area contributed by atoms with Crippen LogP contribution < -0.4 is 4.90 Å². The molecule has 23 heavy (non-hydrogen) atoms. The second-order valence-electron chi connectivity index (χ2n) is 6.08. The predicted octanol–water partition coefficient (Wildman–Crippen LogP) is 1.98. The topological polar surface area (TPSA) is 60.9 Å². The number of aromatic amines is 1. The number of rotatable bonds is 3. The fourth-order valence-corrected chi connectivity index (χ4v) is 3.19. The minimum Gasteiger partial charge on any atom is -0.353 e. The Morgan fingerprint density at radius 2 is 2.00 bits per heavy atom. The first-order chi connectivity index (χ1) is 11.3. The zero-order valence-electron chi connectivity index (χ0n) is 13.2. The molecule has 1 saturated heterocycles. The van der Waals surface area contributed by atoms with Crippen LogP contribution in [0.4, 0.5) is 5.82 Å². The van der Waals surface area contributed by atoms with Crippen molar-refractivity contribution in [1.29, 1.82) is 0 Å². The van der Waals surface area contributed by atoms with E-state index in [1.807, 2.05) is 6.20 Å². The second kappa shape index (κ2) is 5.96. The molecular formula is C17H20N6. The Hall–Kier alpha value is -2.47. The molecule has 0 amide bonds. The van der Waals surface area contributed by atoms with Crippen molar-refractivity contribution in [2.75, 3.05) is 31.1 Å². The van der Waals surface area contributed by atoms with Gasteiger partial charge in [-0.05, 0) is 12.5 Å². The van der Waals surface area contributed by atoms with Crippen LogP contribution in [0.1, 0.15) is 11.1 Å². The smallest absolute Gasteiger partial charge is 0.160 e. The van der Waals surface area contributed by atoms with Crippen LogP contribution in [0, 0.1) is 6.92 Å². The normalized spacial score (nSPS) is 16.1. The van der Waals surface area contributed by atoms with E-state index in [0.717, 1.165) is 49.6 Å². The van der Waals surface area contributed by atoms with Crippen LogP contribution in [0.2, 0.25) is 0 Å². The molecule has 0 atom stereocenters. The molecule has 4 rings (SSSR count). The molecule has 0 unspecified atom stereocenters. The Morgan fingerprint density at radius 3 is 2.83 bits per heavy atom. The molecule has 1 fully saturated rings. The molecule has 3 aromatic rings. The Balaban J connectivity index is 1.44. The van der Waals surface area contributed by atoms with E-state index in [9.17, 15) is 0 Å². The maximum atomic E-state index is 4.46. The number of nitrogens with one attached hydrogen (secondary N) is 1. The summed E-state index contributed by atoms with van der Waals surface area (Å²) in [5, 5.41) is 7.98. The largest absolute Gasteiger partial charge is 0.353 e. The Labute approximate surface area is 135 Å². The minimum absolute atomic E-state index is 0.803. The first-order valence-corrected chi connectivity index (χ1v) is 7.96. The number of H-pyrrole nitrogens is 1. The molecule has 2 aromatic heterocycles. The van der Waals surface area contributed by atoms with Crippen molar-refractivity contribution in [3.63, 3.8) is 0 Å². The molecule has 0 saturated carbocycles. The SMILES string of the molecule is Cc1cccc(CN2CCN(c3ncnc4[nH]ncc34)CC2)c1. The third-order valence-corrected chi connectivity index (χ3v) is 4.39. The van der Waals surface area contributed by atoms with Crippen molar-refractivity contribution < 1.29 is 0 Å². The molecular weight excluding hydrogens is 288 g/mol. The molecule has 1 aromatic carbocycles. The van der Waals surface area contributed by atoms with E-state index in [2.05, 4.69) is 61.2 Å². The van der Waals surface area contributed by atoms with Crippen LogP contribution in [0.15, 0.2) is 36.8 Å². The highest BCUT2D eigenvalue weighted by Crippen LogP contribution is 2.22. The van der Waals surface area contributed by atoms with Gasteiger partial charge in [-0.1, -0.05) is 29.8 Å². The van der Waals surface area contributed by atoms with Crippen LogP contribution in [0.5, 0.6) is 0 Å². The highest BCUT2D eigenvalue weighted by atomic mass is 15.3. The molecule has 6 heteroatoms. The lowest BCUT2D eigenvalue weighted by molar-refractivity contribution is 0.249. The standard InChI is InChI=1S/C17H20N6/c1-13-3-2-4-14(9-13)11-22-5-7-23(8-6-22)17-15-10-20-21-16(15)18-12-19-17/h2-4,9-10,12H,5-8,11H2,1H3,(H,18,19,20,21). The van der Waals surface area contributed by atoms with E-state index in [0.29, 0.717) is 0 Å². The van der Waals surface area contributed by atoms with Crippen molar-refractivity contribution in [2.45, 2.75) is 13.5 Å². The van der Waals surface area contributed by atoms with Crippen molar-refractivity contribution in [3.05, 3.63) is 47.9 Å². The number of hydrogen-bond acceptors (Lipinski definition) is 5. The first-order valence-electron chi connectivity index (χ1n) is 7.96. The van der Waals surface area contributed by atoms with Gasteiger partial charge in [0.25, 0.3) is 0 Å². The number of nitrogens with zero attached hydrogens (tertiary/aromatic N) is 5. The number of aryl methyl sites for hydroxylation is 1. The van der Waals surface area contributed by atoms with E-state index < -0.39 is 0 Å². The minimum atomic E-state index is 0.803. The summed E-state index contributed by atoms with van der Waals surface area (Å²) in [6, 6.07) is 8.76. The summed E-state index contributed by atoms with van der Waals surface area (Å²) in [5.74, 6) is 0.985. The van der Waals surface area contributed by atoms with Gasteiger partial charge in [-0.15, -0.1) is 0 Å². The van der Waals surface area contributed by atoms with Gasteiger partial charge in [0.2, 0.25) is 0 Å².